The Hall–Kier alpha value is 1.77. The molecule has 0 radical (unpaired) electrons. The molecule has 0 spiro atoms. The molecule has 0 bridgehead atoms. The monoisotopic (exact) mass is 383 g/mol. The van der Waals surface area contributed by atoms with Crippen molar-refractivity contribution >= 4 is 37.7 Å². The van der Waals surface area contributed by atoms with E-state index in [0.29, 0.717) is 13.1 Å². The van der Waals surface area contributed by atoms with Crippen molar-refractivity contribution in [3.05, 3.63) is 5.73 Å². The largest absolute Gasteiger partial charge is 0.676 e. The van der Waals surface area contributed by atoms with Crippen LogP contribution in [0.3, 0.4) is 0 Å². The molecule has 7 heteroatoms. The molecule has 60 valence electrons. The second-order valence-corrected chi connectivity index (χ2v) is 26.3. The maximum Gasteiger partial charge on any atom is -0.0268 e. The standard InChI is InChI=1S/C2H7N2.4ClH.W/c3-1-2-4;;;;;/h3H,1-2,4H2;4*1H;/q-1;;;;;+4/p-4. The van der Waals surface area contributed by atoms with Crippen molar-refractivity contribution in [2.45, 2.75) is 0 Å². The predicted molar refractivity (Wildman–Crippen MR) is 41.7 cm³/mol. The Balaban J connectivity index is 0. The molecule has 0 aromatic rings. The first-order valence-corrected chi connectivity index (χ1v) is 16.4. The van der Waals surface area contributed by atoms with E-state index in [1.807, 2.05) is 0 Å². The zero-order valence-electron chi connectivity index (χ0n) is 4.41. The molecule has 0 amide bonds. The fourth-order valence-corrected chi connectivity index (χ4v) is 0. The van der Waals surface area contributed by atoms with Crippen LogP contribution in [0, 0.1) is 0 Å². The van der Waals surface area contributed by atoms with Gasteiger partial charge in [-0.15, -0.1) is 6.54 Å². The number of halogens is 4. The quantitative estimate of drug-likeness (QED) is 0.742. The topological polar surface area (TPSA) is 49.8 Å². The van der Waals surface area contributed by atoms with Crippen molar-refractivity contribution in [1.82, 2.24) is 0 Å². The summed E-state index contributed by atoms with van der Waals surface area (Å²) in [6.07, 6.45) is 0. The van der Waals surface area contributed by atoms with Crippen LogP contribution in [-0.2, 0) is 11.9 Å². The van der Waals surface area contributed by atoms with E-state index in [1.165, 1.54) is 0 Å². The normalized spacial score (nSPS) is 11.8. The maximum atomic E-state index is 6.33. The summed E-state index contributed by atoms with van der Waals surface area (Å²) in [6.45, 7) is 0.833. The fraction of sp³-hybridized carbons (Fsp3) is 1.00. The molecule has 0 fully saturated rings. The van der Waals surface area contributed by atoms with Gasteiger partial charge in [-0.2, -0.15) is 0 Å². The molecule has 0 aromatic heterocycles. The van der Waals surface area contributed by atoms with Crippen LogP contribution in [0.5, 0.6) is 0 Å². The summed E-state index contributed by atoms with van der Waals surface area (Å²) in [7, 11) is 20.1. The summed E-state index contributed by atoms with van der Waals surface area (Å²) in [5.74, 6) is 0. The molecule has 0 aromatic carbocycles. The number of nitrogens with one attached hydrogen (secondary N) is 1. The molecule has 9 heavy (non-hydrogen) atoms. The van der Waals surface area contributed by atoms with E-state index in [4.69, 9.17) is 49.1 Å². The van der Waals surface area contributed by atoms with Gasteiger partial charge in [-0.1, -0.05) is 0 Å². The van der Waals surface area contributed by atoms with E-state index in [-0.39, 0.29) is 0 Å². The third-order valence-corrected chi connectivity index (χ3v) is 0.144. The molecule has 2 nitrogen and oxygen atoms in total. The van der Waals surface area contributed by atoms with Gasteiger partial charge in [0.25, 0.3) is 0 Å². The van der Waals surface area contributed by atoms with Gasteiger partial charge < -0.3 is 11.5 Å². The fourth-order valence-electron chi connectivity index (χ4n) is 0. The van der Waals surface area contributed by atoms with Crippen molar-refractivity contribution in [2.24, 2.45) is 5.73 Å². The number of hydrogen-bond donors (Lipinski definition) is 1. The summed E-state index contributed by atoms with van der Waals surface area (Å²) in [4.78, 5) is 0. The van der Waals surface area contributed by atoms with E-state index < -0.39 is 11.9 Å². The molecule has 0 heterocycles. The van der Waals surface area contributed by atoms with Crippen molar-refractivity contribution in [3.8, 4) is 0 Å². The molecule has 0 saturated carbocycles. The number of nitrogens with two attached hydrogens (primary N) is 1. The van der Waals surface area contributed by atoms with Crippen LogP contribution >= 0.6 is 37.7 Å². The van der Waals surface area contributed by atoms with E-state index in [9.17, 15) is 0 Å². The molecule has 0 unspecified atom stereocenters. The molecule has 0 atom stereocenters. The molecular weight excluding hydrogens is 378 g/mol. The van der Waals surface area contributed by atoms with Gasteiger partial charge in [0.05, 0.1) is 0 Å². The van der Waals surface area contributed by atoms with Gasteiger partial charge in [0.1, 0.15) is 0 Å². The summed E-state index contributed by atoms with van der Waals surface area (Å²) in [5.41, 5.74) is 11.2. The minimum absolute atomic E-state index is 0.347. The van der Waals surface area contributed by atoms with Gasteiger partial charge in [-0.05, 0) is 6.54 Å². The van der Waals surface area contributed by atoms with Crippen LogP contribution in [0.1, 0.15) is 0 Å². The van der Waals surface area contributed by atoms with Crippen LogP contribution in [0.15, 0.2) is 0 Å². The van der Waals surface area contributed by atoms with Crippen LogP contribution in [-0.4, -0.2) is 13.1 Å². The van der Waals surface area contributed by atoms with Gasteiger partial charge in [-0.3, -0.25) is 0 Å². The Morgan fingerprint density at radius 1 is 1.22 bits per heavy atom. The first-order valence-electron chi connectivity index (χ1n) is 1.88. The third-order valence-electron chi connectivity index (χ3n) is 0.144. The van der Waals surface area contributed by atoms with Gasteiger partial charge in [0, 0.05) is 0 Å². The summed E-state index contributed by atoms with van der Waals surface area (Å²) in [6, 6.07) is 0. The van der Waals surface area contributed by atoms with Gasteiger partial charge >= 0.3 is 49.6 Å². The second kappa shape index (κ2) is 7.87. The Morgan fingerprint density at radius 2 is 1.33 bits per heavy atom. The van der Waals surface area contributed by atoms with E-state index in [0.717, 1.165) is 0 Å². The van der Waals surface area contributed by atoms with Crippen LogP contribution in [0.2, 0.25) is 0 Å². The van der Waals surface area contributed by atoms with Crippen molar-refractivity contribution in [3.63, 3.8) is 0 Å². The first-order chi connectivity index (χ1) is 3.91. The van der Waals surface area contributed by atoms with Gasteiger partial charge in [0.15, 0.2) is 0 Å². The minimum atomic E-state index is -3.28. The number of hydrogen-bond acceptors (Lipinski definition) is 1. The number of rotatable bonds is 1. The van der Waals surface area contributed by atoms with Crippen molar-refractivity contribution in [2.75, 3.05) is 13.1 Å². The molecule has 3 N–H and O–H groups in total. The Kier molecular flexibility index (Phi) is 11.7. The van der Waals surface area contributed by atoms with Gasteiger partial charge in [0.2, 0.25) is 0 Å². The average molecular weight is 385 g/mol. The van der Waals surface area contributed by atoms with Crippen molar-refractivity contribution in [1.29, 1.82) is 0 Å². The zero-order chi connectivity index (χ0) is 7.91. The van der Waals surface area contributed by atoms with E-state index >= 15 is 0 Å². The van der Waals surface area contributed by atoms with Crippen molar-refractivity contribution < 1.29 is 11.9 Å². The first kappa shape index (κ1) is 13.4. The molecule has 0 saturated heterocycles. The Labute approximate surface area is 73.7 Å². The maximum absolute atomic E-state index is 6.33. The second-order valence-electron chi connectivity index (χ2n) is 0.889. The molecule has 0 aliphatic carbocycles. The third kappa shape index (κ3) is 76.9. The van der Waals surface area contributed by atoms with Crippen LogP contribution in [0.4, 0.5) is 0 Å². The predicted octanol–water partition coefficient (Wildman–Crippen LogP) is 2.75. The van der Waals surface area contributed by atoms with E-state index in [1.54, 1.807) is 0 Å². The Morgan fingerprint density at radius 3 is 1.33 bits per heavy atom. The van der Waals surface area contributed by atoms with Crippen LogP contribution < -0.4 is 5.73 Å². The SMILES string of the molecule is [Cl][W]([Cl])([Cl])[Cl].[NH-]CCN. The summed E-state index contributed by atoms with van der Waals surface area (Å²) >= 11 is -3.28. The summed E-state index contributed by atoms with van der Waals surface area (Å²) < 4.78 is 0. The average Bonchev–Trinajstić information content (AvgIpc) is 1.61. The van der Waals surface area contributed by atoms with Crippen LogP contribution in [0.25, 0.3) is 5.73 Å². The molecule has 0 aliphatic heterocycles. The zero-order valence-corrected chi connectivity index (χ0v) is 10.4. The summed E-state index contributed by atoms with van der Waals surface area (Å²) in [5, 5.41) is 0. The molecular formula is C2H7Cl4N2W-. The molecule has 0 aliphatic rings. The van der Waals surface area contributed by atoms with Gasteiger partial charge in [-0.25, -0.2) is 0 Å². The van der Waals surface area contributed by atoms with E-state index in [2.05, 4.69) is 0 Å². The minimum Gasteiger partial charge on any atom is -0.676 e. The molecule has 0 rings (SSSR count). The Bertz CT molecular complexity index is 47.0. The smallest absolute Gasteiger partial charge is 0.0268 e.